The van der Waals surface area contributed by atoms with Crippen molar-refractivity contribution >= 4 is 11.9 Å². The van der Waals surface area contributed by atoms with Crippen molar-refractivity contribution < 1.29 is 19.4 Å². The van der Waals surface area contributed by atoms with Gasteiger partial charge in [0, 0.05) is 0 Å². The van der Waals surface area contributed by atoms with Gasteiger partial charge in [0.25, 0.3) is 5.91 Å². The maximum atomic E-state index is 12.2. The highest BCUT2D eigenvalue weighted by molar-refractivity contribution is 5.94. The van der Waals surface area contributed by atoms with Gasteiger partial charge in [-0.05, 0) is 29.0 Å². The number of esters is 1. The summed E-state index contributed by atoms with van der Waals surface area (Å²) < 4.78 is 4.96. The van der Waals surface area contributed by atoms with Crippen LogP contribution in [0.15, 0.2) is 12.1 Å². The molecule has 0 unspecified atom stereocenters. The third-order valence-corrected chi connectivity index (χ3v) is 3.39. The lowest BCUT2D eigenvalue weighted by atomic mass is 9.92. The number of terminal acetylenes is 1. The lowest BCUT2D eigenvalue weighted by molar-refractivity contribution is -0.123. The fourth-order valence-electron chi connectivity index (χ4n) is 2.02. The van der Waals surface area contributed by atoms with Crippen molar-refractivity contribution in [2.45, 2.75) is 39.5 Å². The van der Waals surface area contributed by atoms with Crippen LogP contribution in [-0.4, -0.2) is 30.1 Å². The number of hydrogen-bond acceptors (Lipinski definition) is 4. The molecule has 0 aromatic heterocycles. The van der Waals surface area contributed by atoms with Gasteiger partial charge >= 0.3 is 5.97 Å². The van der Waals surface area contributed by atoms with Crippen molar-refractivity contribution in [3.05, 3.63) is 28.8 Å². The molecular weight excluding hydrogens is 294 g/mol. The van der Waals surface area contributed by atoms with Gasteiger partial charge in [0.2, 0.25) is 0 Å². The molecule has 124 valence electrons. The fourth-order valence-corrected chi connectivity index (χ4v) is 2.02. The van der Waals surface area contributed by atoms with E-state index in [0.29, 0.717) is 5.56 Å². The number of amides is 1. The summed E-state index contributed by atoms with van der Waals surface area (Å²) in [5.41, 5.74) is 1.68. The highest BCUT2D eigenvalue weighted by Gasteiger charge is 2.20. The molecule has 0 spiro atoms. The van der Waals surface area contributed by atoms with Gasteiger partial charge in [0.05, 0.1) is 6.54 Å². The first-order valence-corrected chi connectivity index (χ1v) is 7.52. The minimum atomic E-state index is -0.734. The highest BCUT2D eigenvalue weighted by atomic mass is 16.5. The van der Waals surface area contributed by atoms with Gasteiger partial charge in [-0.15, -0.1) is 6.42 Å². The smallest absolute Gasteiger partial charge is 0.342 e. The molecule has 0 aliphatic heterocycles. The molecule has 0 radical (unpaired) electrons. The van der Waals surface area contributed by atoms with E-state index < -0.39 is 18.5 Å². The van der Waals surface area contributed by atoms with E-state index in [9.17, 15) is 14.7 Å². The van der Waals surface area contributed by atoms with Crippen molar-refractivity contribution in [2.75, 3.05) is 13.2 Å². The lowest BCUT2D eigenvalue weighted by Crippen LogP contribution is -2.29. The van der Waals surface area contributed by atoms with Crippen LogP contribution < -0.4 is 5.32 Å². The van der Waals surface area contributed by atoms with Gasteiger partial charge in [0.1, 0.15) is 11.3 Å². The van der Waals surface area contributed by atoms with Gasteiger partial charge in [-0.1, -0.05) is 39.7 Å². The molecule has 1 rings (SSSR count). The fraction of sp³-hybridized carbons (Fsp3) is 0.444. The van der Waals surface area contributed by atoms with Gasteiger partial charge in [-0.25, -0.2) is 4.79 Å². The largest absolute Gasteiger partial charge is 0.507 e. The Bertz CT molecular complexity index is 627. The zero-order chi connectivity index (χ0) is 17.6. The summed E-state index contributed by atoms with van der Waals surface area (Å²) in [5, 5.41) is 12.7. The van der Waals surface area contributed by atoms with Gasteiger partial charge in [-0.3, -0.25) is 4.79 Å². The molecule has 1 aromatic rings. The van der Waals surface area contributed by atoms with Crippen LogP contribution in [0.3, 0.4) is 0 Å². The Morgan fingerprint density at radius 3 is 2.43 bits per heavy atom. The number of ether oxygens (including phenoxy) is 1. The molecule has 0 saturated carbocycles. The van der Waals surface area contributed by atoms with E-state index in [1.165, 1.54) is 0 Å². The number of carbonyl (C=O) groups excluding carboxylic acids is 2. The van der Waals surface area contributed by atoms with Crippen molar-refractivity contribution in [3.8, 4) is 18.1 Å². The first-order chi connectivity index (χ1) is 10.8. The molecule has 0 saturated heterocycles. The van der Waals surface area contributed by atoms with E-state index in [1.54, 1.807) is 6.07 Å². The van der Waals surface area contributed by atoms with E-state index in [1.807, 2.05) is 33.8 Å². The zero-order valence-corrected chi connectivity index (χ0v) is 14.0. The summed E-state index contributed by atoms with van der Waals surface area (Å²) >= 11 is 0. The summed E-state index contributed by atoms with van der Waals surface area (Å²) in [6, 6.07) is 3.49. The standard InChI is InChI=1S/C18H23NO4/c1-6-7-19-16(20)10-23-18(22)15-9-13(11(2)3)8-14(12(4)5)17(15)21/h1,8-9,11-12,21H,7,10H2,2-5H3,(H,19,20). The third kappa shape index (κ3) is 5.03. The Morgan fingerprint density at radius 2 is 1.91 bits per heavy atom. The number of phenolic OH excluding ortho intramolecular Hbond substituents is 1. The molecule has 2 N–H and O–H groups in total. The summed E-state index contributed by atoms with van der Waals surface area (Å²) in [5.74, 6) is 1.18. The van der Waals surface area contributed by atoms with Crippen LogP contribution in [0.4, 0.5) is 0 Å². The Balaban J connectivity index is 2.99. The normalized spacial score (nSPS) is 10.5. The van der Waals surface area contributed by atoms with Crippen molar-refractivity contribution in [1.29, 1.82) is 0 Å². The predicted molar refractivity (Wildman–Crippen MR) is 88.4 cm³/mol. The van der Waals surface area contributed by atoms with Crippen molar-refractivity contribution in [1.82, 2.24) is 5.32 Å². The highest BCUT2D eigenvalue weighted by Crippen LogP contribution is 2.33. The van der Waals surface area contributed by atoms with E-state index in [0.717, 1.165) is 5.56 Å². The van der Waals surface area contributed by atoms with Crippen LogP contribution in [0.5, 0.6) is 5.75 Å². The Kier molecular flexibility index (Phi) is 6.65. The first kappa shape index (κ1) is 18.6. The molecule has 0 atom stereocenters. The van der Waals surface area contributed by atoms with E-state index in [2.05, 4.69) is 11.2 Å². The number of hydrogen-bond donors (Lipinski definition) is 2. The molecule has 0 aliphatic carbocycles. The molecule has 0 heterocycles. The molecular formula is C18H23NO4. The number of benzene rings is 1. The van der Waals surface area contributed by atoms with Crippen molar-refractivity contribution in [3.63, 3.8) is 0 Å². The second kappa shape index (κ2) is 8.23. The topological polar surface area (TPSA) is 75.6 Å². The Labute approximate surface area is 137 Å². The molecule has 0 aliphatic rings. The lowest BCUT2D eigenvalue weighted by Gasteiger charge is -2.16. The number of carbonyl (C=O) groups is 2. The molecule has 0 fully saturated rings. The second-order valence-electron chi connectivity index (χ2n) is 5.87. The van der Waals surface area contributed by atoms with Gasteiger partial charge < -0.3 is 15.2 Å². The maximum absolute atomic E-state index is 12.2. The van der Waals surface area contributed by atoms with Crippen LogP contribution in [-0.2, 0) is 9.53 Å². The summed E-state index contributed by atoms with van der Waals surface area (Å²) in [4.78, 5) is 23.6. The van der Waals surface area contributed by atoms with Crippen LogP contribution in [0, 0.1) is 12.3 Å². The predicted octanol–water partition coefficient (Wildman–Crippen LogP) is 2.55. The van der Waals surface area contributed by atoms with Gasteiger partial charge in [-0.2, -0.15) is 0 Å². The number of phenols is 1. The number of aromatic hydroxyl groups is 1. The van der Waals surface area contributed by atoms with Crippen molar-refractivity contribution in [2.24, 2.45) is 0 Å². The summed E-state index contributed by atoms with van der Waals surface area (Å²) in [7, 11) is 0. The SMILES string of the molecule is C#CCNC(=O)COC(=O)c1cc(C(C)C)cc(C(C)C)c1O. The summed E-state index contributed by atoms with van der Waals surface area (Å²) in [6.45, 7) is 7.49. The monoisotopic (exact) mass is 317 g/mol. The Morgan fingerprint density at radius 1 is 1.26 bits per heavy atom. The number of nitrogens with one attached hydrogen (secondary N) is 1. The third-order valence-electron chi connectivity index (χ3n) is 3.39. The minimum Gasteiger partial charge on any atom is -0.507 e. The first-order valence-electron chi connectivity index (χ1n) is 7.52. The van der Waals surface area contributed by atoms with E-state index >= 15 is 0 Å². The van der Waals surface area contributed by atoms with Crippen LogP contribution in [0.25, 0.3) is 0 Å². The maximum Gasteiger partial charge on any atom is 0.342 e. The van der Waals surface area contributed by atoms with Crippen LogP contribution in [0.1, 0.15) is 61.0 Å². The van der Waals surface area contributed by atoms with E-state index in [4.69, 9.17) is 11.2 Å². The zero-order valence-electron chi connectivity index (χ0n) is 14.0. The second-order valence-corrected chi connectivity index (χ2v) is 5.87. The number of rotatable bonds is 6. The molecule has 1 aromatic carbocycles. The molecule has 5 heteroatoms. The molecule has 23 heavy (non-hydrogen) atoms. The van der Waals surface area contributed by atoms with E-state index in [-0.39, 0.29) is 29.7 Å². The molecule has 0 bridgehead atoms. The quantitative estimate of drug-likeness (QED) is 0.624. The minimum absolute atomic E-state index is 0.0548. The summed E-state index contributed by atoms with van der Waals surface area (Å²) in [6.07, 6.45) is 5.03. The van der Waals surface area contributed by atoms with Crippen LogP contribution in [0.2, 0.25) is 0 Å². The van der Waals surface area contributed by atoms with Crippen LogP contribution >= 0.6 is 0 Å². The molecule has 5 nitrogen and oxygen atoms in total. The Hall–Kier alpha value is -2.48. The molecule has 1 amide bonds. The average Bonchev–Trinajstić information content (AvgIpc) is 2.50. The van der Waals surface area contributed by atoms with Gasteiger partial charge in [0.15, 0.2) is 6.61 Å². The average molecular weight is 317 g/mol.